The van der Waals surface area contributed by atoms with Crippen molar-refractivity contribution in [3.63, 3.8) is 0 Å². The molecule has 0 saturated carbocycles. The molecule has 1 amide bonds. The maximum Gasteiger partial charge on any atom is 0.259 e. The van der Waals surface area contributed by atoms with E-state index in [9.17, 15) is 9.59 Å². The van der Waals surface area contributed by atoms with Gasteiger partial charge in [-0.3, -0.25) is 19.2 Å². The molecule has 3 fully saturated rings. The molecule has 186 valence electrons. The molecule has 2 aromatic heterocycles. The van der Waals surface area contributed by atoms with E-state index in [1.807, 2.05) is 28.6 Å². The average molecular weight is 480 g/mol. The molecule has 9 heteroatoms. The van der Waals surface area contributed by atoms with Crippen LogP contribution < -0.4 is 5.56 Å². The van der Waals surface area contributed by atoms with E-state index in [0.29, 0.717) is 30.2 Å². The summed E-state index contributed by atoms with van der Waals surface area (Å²) in [7, 11) is 0. The molecule has 0 atom stereocenters. The van der Waals surface area contributed by atoms with Crippen LogP contribution in [-0.4, -0.2) is 89.1 Å². The third-order valence-electron chi connectivity index (χ3n) is 7.98. The van der Waals surface area contributed by atoms with Crippen LogP contribution in [0.1, 0.15) is 47.6 Å². The average Bonchev–Trinajstić information content (AvgIpc) is 3.35. The first-order valence-electron chi connectivity index (χ1n) is 12.8. The quantitative estimate of drug-likeness (QED) is 0.621. The molecule has 35 heavy (non-hydrogen) atoms. The minimum Gasteiger partial charge on any atom is -0.381 e. The van der Waals surface area contributed by atoms with Gasteiger partial charge in [-0.1, -0.05) is 0 Å². The van der Waals surface area contributed by atoms with Gasteiger partial charge in [0.1, 0.15) is 0 Å². The summed E-state index contributed by atoms with van der Waals surface area (Å²) in [6.45, 7) is 8.26. The third kappa shape index (κ3) is 4.15. The minimum atomic E-state index is -0.145. The number of pyridine rings is 1. The normalized spacial score (nSPS) is 21.2. The lowest BCUT2D eigenvalue weighted by atomic mass is 10.0. The number of aromatic nitrogens is 3. The fourth-order valence-corrected chi connectivity index (χ4v) is 5.94. The maximum absolute atomic E-state index is 13.7. The molecule has 3 aliphatic heterocycles. The third-order valence-corrected chi connectivity index (χ3v) is 7.98. The number of aryl methyl sites for hydroxylation is 1. The van der Waals surface area contributed by atoms with Crippen molar-refractivity contribution in [2.75, 3.05) is 52.6 Å². The molecule has 0 unspecified atom stereocenters. The Morgan fingerprint density at radius 1 is 0.943 bits per heavy atom. The molecule has 1 aromatic carbocycles. The number of H-pyrrole nitrogens is 1. The van der Waals surface area contributed by atoms with Gasteiger partial charge in [0.25, 0.3) is 11.5 Å². The van der Waals surface area contributed by atoms with Crippen LogP contribution in [0.25, 0.3) is 21.8 Å². The van der Waals surface area contributed by atoms with E-state index in [2.05, 4.69) is 15.0 Å². The summed E-state index contributed by atoms with van der Waals surface area (Å²) in [6.07, 6.45) is 5.53. The van der Waals surface area contributed by atoms with Gasteiger partial charge in [-0.05, 0) is 50.3 Å². The topological polar surface area (TPSA) is 92.7 Å². The second-order valence-electron chi connectivity index (χ2n) is 10.0. The van der Waals surface area contributed by atoms with Gasteiger partial charge in [0, 0.05) is 69.6 Å². The van der Waals surface area contributed by atoms with Crippen molar-refractivity contribution in [1.29, 1.82) is 0 Å². The molecule has 3 aromatic rings. The lowest BCUT2D eigenvalue weighted by Gasteiger charge is -2.40. The largest absolute Gasteiger partial charge is 0.381 e. The molecule has 3 aliphatic rings. The van der Waals surface area contributed by atoms with Crippen LogP contribution >= 0.6 is 0 Å². The van der Waals surface area contributed by atoms with Crippen LogP contribution in [0.2, 0.25) is 0 Å². The van der Waals surface area contributed by atoms with Crippen LogP contribution in [0.3, 0.4) is 0 Å². The Kier molecular flexibility index (Phi) is 6.07. The van der Waals surface area contributed by atoms with Crippen LogP contribution in [0.15, 0.2) is 23.1 Å². The summed E-state index contributed by atoms with van der Waals surface area (Å²) >= 11 is 0. The summed E-state index contributed by atoms with van der Waals surface area (Å²) in [5.74, 6) is 0.0625. The Balaban J connectivity index is 1.32. The Labute approximate surface area is 204 Å². The van der Waals surface area contributed by atoms with Gasteiger partial charge in [0.05, 0.1) is 28.7 Å². The van der Waals surface area contributed by atoms with Crippen molar-refractivity contribution in [2.24, 2.45) is 0 Å². The highest BCUT2D eigenvalue weighted by molar-refractivity contribution is 6.07. The summed E-state index contributed by atoms with van der Waals surface area (Å²) in [5, 5.41) is 6.04. The lowest BCUT2D eigenvalue weighted by molar-refractivity contribution is 0.0137. The number of hydrogen-bond donors (Lipinski definition) is 1. The molecule has 5 heterocycles. The first-order chi connectivity index (χ1) is 17.1. The molecule has 9 nitrogen and oxygen atoms in total. The predicted octanol–water partition coefficient (Wildman–Crippen LogP) is 2.47. The van der Waals surface area contributed by atoms with E-state index in [1.165, 1.54) is 0 Å². The molecular weight excluding hydrogens is 446 g/mol. The monoisotopic (exact) mass is 479 g/mol. The van der Waals surface area contributed by atoms with Crippen molar-refractivity contribution >= 4 is 27.7 Å². The standard InChI is InChI=1S/C26H33N5O4/c1-17-14-23-21(24-22(25(32)28-23)16-27-31(24)19-4-12-35-13-5-19)15-20(17)26(33)30-8-6-29(7-9-30)18-2-10-34-11-3-18/h14-16,18-19H,2-13H2,1H3,(H,28,32). The van der Waals surface area contributed by atoms with Crippen molar-refractivity contribution < 1.29 is 14.3 Å². The van der Waals surface area contributed by atoms with E-state index in [4.69, 9.17) is 9.47 Å². The SMILES string of the molecule is Cc1cc2[nH]c(=O)c3cnn(C4CCOCC4)c3c2cc1C(=O)N1CCN(C2CCOCC2)CC1. The number of aromatic amines is 1. The van der Waals surface area contributed by atoms with Crippen molar-refractivity contribution in [3.05, 3.63) is 39.8 Å². The number of rotatable bonds is 3. The molecule has 6 rings (SSSR count). The number of benzene rings is 1. The molecule has 0 aliphatic carbocycles. The summed E-state index contributed by atoms with van der Waals surface area (Å²) < 4.78 is 13.0. The molecule has 0 bridgehead atoms. The summed E-state index contributed by atoms with van der Waals surface area (Å²) in [5.41, 5.74) is 2.99. The fraction of sp³-hybridized carbons (Fsp3) is 0.577. The van der Waals surface area contributed by atoms with Gasteiger partial charge in [-0.2, -0.15) is 5.10 Å². The Morgan fingerprint density at radius 2 is 1.60 bits per heavy atom. The lowest BCUT2D eigenvalue weighted by Crippen LogP contribution is -2.53. The van der Waals surface area contributed by atoms with Gasteiger partial charge in [-0.15, -0.1) is 0 Å². The van der Waals surface area contributed by atoms with E-state index < -0.39 is 0 Å². The van der Waals surface area contributed by atoms with E-state index in [0.717, 1.165) is 87.1 Å². The van der Waals surface area contributed by atoms with Gasteiger partial charge in [0.15, 0.2) is 0 Å². The smallest absolute Gasteiger partial charge is 0.259 e. The minimum absolute atomic E-state index is 0.0625. The van der Waals surface area contributed by atoms with Crippen molar-refractivity contribution in [1.82, 2.24) is 24.6 Å². The zero-order valence-corrected chi connectivity index (χ0v) is 20.3. The molecule has 0 radical (unpaired) electrons. The Hall–Kier alpha value is -2.75. The number of ether oxygens (including phenoxy) is 2. The van der Waals surface area contributed by atoms with Crippen LogP contribution in [0, 0.1) is 6.92 Å². The number of piperazine rings is 1. The molecule has 0 spiro atoms. The Morgan fingerprint density at radius 3 is 2.29 bits per heavy atom. The Bertz CT molecular complexity index is 1290. The highest BCUT2D eigenvalue weighted by atomic mass is 16.5. The van der Waals surface area contributed by atoms with E-state index in [1.54, 1.807) is 6.20 Å². The molecule has 1 N–H and O–H groups in total. The zero-order chi connectivity index (χ0) is 23.9. The van der Waals surface area contributed by atoms with Gasteiger partial charge in [0.2, 0.25) is 0 Å². The van der Waals surface area contributed by atoms with Crippen LogP contribution in [0.5, 0.6) is 0 Å². The number of fused-ring (bicyclic) bond motifs is 3. The van der Waals surface area contributed by atoms with Gasteiger partial charge < -0.3 is 19.4 Å². The fourth-order valence-electron chi connectivity index (χ4n) is 5.94. The second-order valence-corrected chi connectivity index (χ2v) is 10.0. The van der Waals surface area contributed by atoms with Gasteiger partial charge in [-0.25, -0.2) is 0 Å². The summed E-state index contributed by atoms with van der Waals surface area (Å²) in [6, 6.07) is 4.65. The first kappa shape index (κ1) is 22.7. The van der Waals surface area contributed by atoms with Crippen LogP contribution in [-0.2, 0) is 9.47 Å². The second kappa shape index (κ2) is 9.37. The van der Waals surface area contributed by atoms with E-state index in [-0.39, 0.29) is 17.5 Å². The number of nitrogens with one attached hydrogen (secondary N) is 1. The number of amides is 1. The van der Waals surface area contributed by atoms with Crippen molar-refractivity contribution in [2.45, 2.75) is 44.7 Å². The van der Waals surface area contributed by atoms with Gasteiger partial charge >= 0.3 is 0 Å². The first-order valence-corrected chi connectivity index (χ1v) is 12.8. The molecular formula is C26H33N5O4. The number of nitrogens with zero attached hydrogens (tertiary/aromatic N) is 4. The summed E-state index contributed by atoms with van der Waals surface area (Å²) in [4.78, 5) is 33.9. The van der Waals surface area contributed by atoms with E-state index >= 15 is 0 Å². The zero-order valence-electron chi connectivity index (χ0n) is 20.3. The highest BCUT2D eigenvalue weighted by Crippen LogP contribution is 2.30. The molecule has 3 saturated heterocycles. The van der Waals surface area contributed by atoms with Crippen LogP contribution in [0.4, 0.5) is 0 Å². The number of carbonyl (C=O) groups excluding carboxylic acids is 1. The number of carbonyl (C=O) groups is 1. The number of hydrogen-bond acceptors (Lipinski definition) is 6. The maximum atomic E-state index is 13.7. The predicted molar refractivity (Wildman–Crippen MR) is 133 cm³/mol. The highest BCUT2D eigenvalue weighted by Gasteiger charge is 2.29. The van der Waals surface area contributed by atoms with Crippen molar-refractivity contribution in [3.8, 4) is 0 Å².